The minimum Gasteiger partial charge on any atom is -0.357 e. The van der Waals surface area contributed by atoms with Crippen molar-refractivity contribution in [2.45, 2.75) is 12.2 Å². The van der Waals surface area contributed by atoms with Crippen LogP contribution in [0, 0.1) is 40.5 Å². The molecule has 2 atom stereocenters. The lowest BCUT2D eigenvalue weighted by Crippen LogP contribution is -2.12. The summed E-state index contributed by atoms with van der Waals surface area (Å²) in [6, 6.07) is 6.72. The molecule has 0 spiro atoms. The van der Waals surface area contributed by atoms with E-state index in [9.17, 15) is 40.5 Å². The van der Waals surface area contributed by atoms with Crippen molar-refractivity contribution in [2.24, 2.45) is 0 Å². The SMILES string of the molecule is C=CC(OC(C=C)c1cccc([N+](=O)[O-])c1[N+](=O)[O-])c1cccc([N+](=O)[O-])c1[N+](=O)[O-]. The normalized spacial score (nSPS) is 12.4. The highest BCUT2D eigenvalue weighted by molar-refractivity contribution is 5.60. The molecule has 0 aliphatic heterocycles. The van der Waals surface area contributed by atoms with Crippen LogP contribution >= 0.6 is 0 Å². The molecule has 160 valence electrons. The highest BCUT2D eigenvalue weighted by Crippen LogP contribution is 2.41. The third-order valence-electron chi connectivity index (χ3n) is 4.18. The maximum Gasteiger partial charge on any atom is 0.352 e. The lowest BCUT2D eigenvalue weighted by atomic mass is 10.0. The molecule has 0 aliphatic carbocycles. The third kappa shape index (κ3) is 4.56. The van der Waals surface area contributed by atoms with E-state index in [1.807, 2.05) is 0 Å². The maximum absolute atomic E-state index is 11.5. The van der Waals surface area contributed by atoms with Crippen molar-refractivity contribution in [1.29, 1.82) is 0 Å². The smallest absolute Gasteiger partial charge is 0.352 e. The Bertz CT molecular complexity index is 1010. The summed E-state index contributed by atoms with van der Waals surface area (Å²) < 4.78 is 5.68. The number of rotatable bonds is 10. The predicted octanol–water partition coefficient (Wildman–Crippen LogP) is 4.49. The number of benzene rings is 2. The molecule has 2 unspecified atom stereocenters. The topological polar surface area (TPSA) is 182 Å². The molecule has 31 heavy (non-hydrogen) atoms. The van der Waals surface area contributed by atoms with Gasteiger partial charge in [0.1, 0.15) is 12.2 Å². The van der Waals surface area contributed by atoms with Gasteiger partial charge in [0, 0.05) is 12.1 Å². The first-order chi connectivity index (χ1) is 14.6. The molecule has 0 aliphatic rings. The summed E-state index contributed by atoms with van der Waals surface area (Å²) in [5, 5.41) is 45.3. The average molecular weight is 430 g/mol. The number of nitro groups is 4. The second-order valence-electron chi connectivity index (χ2n) is 5.91. The molecule has 0 heterocycles. The standard InChI is InChI=1S/C18H14N4O9/c1-3-15(11-7-5-9-13(19(23)24)17(11)21(27)28)31-16(4-2)12-8-6-10-14(20(25)26)18(12)22(29)30/h3-10,15-16H,1-2H2. The Kier molecular flexibility index (Phi) is 6.84. The second kappa shape index (κ2) is 9.32. The van der Waals surface area contributed by atoms with Crippen LogP contribution in [-0.2, 0) is 4.74 Å². The van der Waals surface area contributed by atoms with Crippen LogP contribution in [0.1, 0.15) is 23.3 Å². The van der Waals surface area contributed by atoms with Gasteiger partial charge in [-0.1, -0.05) is 24.3 Å². The first-order valence-electron chi connectivity index (χ1n) is 8.37. The van der Waals surface area contributed by atoms with Crippen LogP contribution in [0.25, 0.3) is 0 Å². The van der Waals surface area contributed by atoms with Crippen molar-refractivity contribution >= 4 is 22.7 Å². The molecule has 2 aromatic rings. The van der Waals surface area contributed by atoms with Crippen molar-refractivity contribution in [3.8, 4) is 0 Å². The summed E-state index contributed by atoms with van der Waals surface area (Å²) in [6.07, 6.45) is -0.457. The molecule has 13 nitrogen and oxygen atoms in total. The number of nitro benzene ring substituents is 4. The van der Waals surface area contributed by atoms with Crippen LogP contribution in [0.5, 0.6) is 0 Å². The van der Waals surface area contributed by atoms with Crippen LogP contribution in [0.2, 0.25) is 0 Å². The van der Waals surface area contributed by atoms with Gasteiger partial charge in [-0.25, -0.2) is 0 Å². The average Bonchev–Trinajstić information content (AvgIpc) is 2.73. The summed E-state index contributed by atoms with van der Waals surface area (Å²) in [4.78, 5) is 41.6. The van der Waals surface area contributed by atoms with Gasteiger partial charge in [0.2, 0.25) is 0 Å². The van der Waals surface area contributed by atoms with Crippen LogP contribution in [0.3, 0.4) is 0 Å². The Balaban J connectivity index is 2.61. The fourth-order valence-corrected chi connectivity index (χ4v) is 2.92. The molecule has 0 bridgehead atoms. The Morgan fingerprint density at radius 2 is 1.03 bits per heavy atom. The van der Waals surface area contributed by atoms with E-state index in [4.69, 9.17) is 4.74 Å². The Labute approximate surface area is 173 Å². The molecule has 0 aromatic heterocycles. The Morgan fingerprint density at radius 3 is 1.29 bits per heavy atom. The van der Waals surface area contributed by atoms with Crippen molar-refractivity contribution in [1.82, 2.24) is 0 Å². The number of ether oxygens (including phenoxy) is 1. The Morgan fingerprint density at radius 1 is 0.677 bits per heavy atom. The quantitative estimate of drug-likeness (QED) is 0.298. The third-order valence-corrected chi connectivity index (χ3v) is 4.18. The van der Waals surface area contributed by atoms with Crippen LogP contribution in [-0.4, -0.2) is 19.7 Å². The zero-order valence-corrected chi connectivity index (χ0v) is 15.7. The summed E-state index contributed by atoms with van der Waals surface area (Å²) in [6.45, 7) is 7.01. The number of para-hydroxylation sites is 2. The van der Waals surface area contributed by atoms with Crippen molar-refractivity contribution < 1.29 is 24.4 Å². The fourth-order valence-electron chi connectivity index (χ4n) is 2.92. The van der Waals surface area contributed by atoms with E-state index in [0.29, 0.717) is 0 Å². The van der Waals surface area contributed by atoms with Gasteiger partial charge in [0.15, 0.2) is 0 Å². The molecular weight excluding hydrogens is 416 g/mol. The van der Waals surface area contributed by atoms with E-state index in [2.05, 4.69) is 13.2 Å². The minimum absolute atomic E-state index is 0.228. The van der Waals surface area contributed by atoms with Gasteiger partial charge in [-0.3, -0.25) is 40.5 Å². The van der Waals surface area contributed by atoms with Crippen LogP contribution in [0.4, 0.5) is 22.7 Å². The molecule has 0 amide bonds. The molecular formula is C18H14N4O9. The summed E-state index contributed by atoms with van der Waals surface area (Å²) in [5.74, 6) is 0. The first-order valence-corrected chi connectivity index (χ1v) is 8.37. The zero-order chi connectivity index (χ0) is 23.3. The van der Waals surface area contributed by atoms with Crippen LogP contribution < -0.4 is 0 Å². The minimum atomic E-state index is -1.33. The van der Waals surface area contributed by atoms with Crippen molar-refractivity contribution in [3.63, 3.8) is 0 Å². The molecule has 0 radical (unpaired) electrons. The predicted molar refractivity (Wildman–Crippen MR) is 106 cm³/mol. The van der Waals surface area contributed by atoms with E-state index in [0.717, 1.165) is 24.3 Å². The van der Waals surface area contributed by atoms with Gasteiger partial charge >= 0.3 is 22.7 Å². The van der Waals surface area contributed by atoms with Crippen LogP contribution in [0.15, 0.2) is 61.7 Å². The first kappa shape index (κ1) is 22.8. The van der Waals surface area contributed by atoms with E-state index < -0.39 is 54.7 Å². The lowest BCUT2D eigenvalue weighted by Gasteiger charge is -2.20. The molecule has 2 rings (SSSR count). The van der Waals surface area contributed by atoms with Gasteiger partial charge in [-0.15, -0.1) is 13.2 Å². The summed E-state index contributed by atoms with van der Waals surface area (Å²) in [7, 11) is 0. The van der Waals surface area contributed by atoms with E-state index >= 15 is 0 Å². The van der Waals surface area contributed by atoms with Gasteiger partial charge < -0.3 is 4.74 Å². The fraction of sp³-hybridized carbons (Fsp3) is 0.111. The number of hydrogen-bond acceptors (Lipinski definition) is 9. The van der Waals surface area contributed by atoms with Crippen molar-refractivity contribution in [2.75, 3.05) is 0 Å². The molecule has 13 heteroatoms. The number of hydrogen-bond donors (Lipinski definition) is 0. The van der Waals surface area contributed by atoms with E-state index in [-0.39, 0.29) is 11.1 Å². The van der Waals surface area contributed by atoms with E-state index in [1.54, 1.807) is 0 Å². The highest BCUT2D eigenvalue weighted by Gasteiger charge is 2.35. The molecule has 2 aromatic carbocycles. The van der Waals surface area contributed by atoms with Gasteiger partial charge in [-0.05, 0) is 12.1 Å². The molecule has 0 saturated heterocycles. The van der Waals surface area contributed by atoms with Gasteiger partial charge in [-0.2, -0.15) is 0 Å². The summed E-state index contributed by atoms with van der Waals surface area (Å²) in [5.41, 5.74) is -3.70. The maximum atomic E-state index is 11.5. The van der Waals surface area contributed by atoms with Crippen molar-refractivity contribution in [3.05, 3.63) is 113 Å². The monoisotopic (exact) mass is 430 g/mol. The van der Waals surface area contributed by atoms with Gasteiger partial charge in [0.25, 0.3) is 0 Å². The zero-order valence-electron chi connectivity index (χ0n) is 15.7. The number of nitrogens with zero attached hydrogens (tertiary/aromatic N) is 4. The molecule has 0 N–H and O–H groups in total. The largest absolute Gasteiger partial charge is 0.357 e. The summed E-state index contributed by atoms with van der Waals surface area (Å²) >= 11 is 0. The second-order valence-corrected chi connectivity index (χ2v) is 5.91. The molecule has 0 fully saturated rings. The molecule has 0 saturated carbocycles. The highest BCUT2D eigenvalue weighted by atomic mass is 16.6. The van der Waals surface area contributed by atoms with E-state index in [1.165, 1.54) is 24.3 Å². The van der Waals surface area contributed by atoms with Gasteiger partial charge in [0.05, 0.1) is 30.8 Å². The Hall–Kier alpha value is -4.52. The lowest BCUT2D eigenvalue weighted by molar-refractivity contribution is -0.423.